The van der Waals surface area contributed by atoms with E-state index in [2.05, 4.69) is 23.6 Å². The van der Waals surface area contributed by atoms with Crippen LogP contribution >= 0.6 is 11.3 Å². The Hall–Kier alpha value is -0.870. The quantitative estimate of drug-likeness (QED) is 0.868. The lowest BCUT2D eigenvalue weighted by molar-refractivity contribution is 0.0942. The van der Waals surface area contributed by atoms with Crippen molar-refractivity contribution in [2.45, 2.75) is 82.3 Å². The summed E-state index contributed by atoms with van der Waals surface area (Å²) in [5.74, 6) is 0.792. The minimum Gasteiger partial charge on any atom is -0.349 e. The summed E-state index contributed by atoms with van der Waals surface area (Å²) in [5.41, 5.74) is 1.42. The van der Waals surface area contributed by atoms with Gasteiger partial charge in [0.2, 0.25) is 0 Å². The van der Waals surface area contributed by atoms with Gasteiger partial charge in [-0.25, -0.2) is 0 Å². The van der Waals surface area contributed by atoms with E-state index in [1.54, 1.807) is 11.3 Å². The van der Waals surface area contributed by atoms with Crippen molar-refractivity contribution in [3.8, 4) is 0 Å². The number of amides is 1. The van der Waals surface area contributed by atoms with Crippen LogP contribution in [0.3, 0.4) is 0 Å². The van der Waals surface area contributed by atoms with Gasteiger partial charge in [0.25, 0.3) is 5.91 Å². The third kappa shape index (κ3) is 2.95. The summed E-state index contributed by atoms with van der Waals surface area (Å²) < 4.78 is 0. The van der Waals surface area contributed by atoms with E-state index >= 15 is 0 Å². The first-order valence-electron chi connectivity index (χ1n) is 8.88. The highest BCUT2D eigenvalue weighted by atomic mass is 32.1. The topological polar surface area (TPSA) is 41.1 Å². The molecule has 0 spiro atoms. The molecule has 0 radical (unpaired) electrons. The lowest BCUT2D eigenvalue weighted by atomic mass is 9.93. The first kappa shape index (κ1) is 14.7. The molecule has 2 atom stereocenters. The van der Waals surface area contributed by atoms with E-state index in [0.717, 1.165) is 23.8 Å². The molecule has 0 aliphatic heterocycles. The van der Waals surface area contributed by atoms with E-state index in [4.69, 9.17) is 0 Å². The number of nitrogens with one attached hydrogen (secondary N) is 2. The van der Waals surface area contributed by atoms with Crippen LogP contribution in [0.15, 0.2) is 6.07 Å². The van der Waals surface area contributed by atoms with E-state index in [-0.39, 0.29) is 5.91 Å². The number of hydrogen-bond acceptors (Lipinski definition) is 3. The molecule has 3 saturated carbocycles. The van der Waals surface area contributed by atoms with Gasteiger partial charge in [0.1, 0.15) is 0 Å². The van der Waals surface area contributed by atoms with Gasteiger partial charge in [-0.15, -0.1) is 11.3 Å². The SMILES string of the molecule is Cc1sc(C(=O)NC2CCCC2)cc1C1CC1NC1CCC1. The summed E-state index contributed by atoms with van der Waals surface area (Å²) in [7, 11) is 0. The molecule has 2 N–H and O–H groups in total. The van der Waals surface area contributed by atoms with Gasteiger partial charge in [0, 0.05) is 28.9 Å². The number of aryl methyl sites for hydroxylation is 1. The van der Waals surface area contributed by atoms with E-state index in [9.17, 15) is 4.79 Å². The molecule has 1 heterocycles. The van der Waals surface area contributed by atoms with E-state index < -0.39 is 0 Å². The molecular weight excluding hydrogens is 292 g/mol. The van der Waals surface area contributed by atoms with Gasteiger partial charge in [-0.05, 0) is 50.7 Å². The molecule has 1 amide bonds. The van der Waals surface area contributed by atoms with E-state index in [1.807, 2.05) is 0 Å². The molecule has 1 aromatic heterocycles. The zero-order valence-electron chi connectivity index (χ0n) is 13.4. The molecule has 0 saturated heterocycles. The normalized spacial score (nSPS) is 28.6. The monoisotopic (exact) mass is 318 g/mol. The summed E-state index contributed by atoms with van der Waals surface area (Å²) in [6.45, 7) is 2.17. The molecule has 0 aromatic carbocycles. The van der Waals surface area contributed by atoms with Gasteiger partial charge in [0.05, 0.1) is 4.88 Å². The molecule has 3 fully saturated rings. The molecule has 120 valence electrons. The maximum absolute atomic E-state index is 12.4. The van der Waals surface area contributed by atoms with Crippen LogP contribution in [0.5, 0.6) is 0 Å². The minimum absolute atomic E-state index is 0.149. The number of carbonyl (C=O) groups excluding carboxylic acids is 1. The largest absolute Gasteiger partial charge is 0.349 e. The van der Waals surface area contributed by atoms with Crippen LogP contribution in [0, 0.1) is 6.92 Å². The Morgan fingerprint density at radius 2 is 1.86 bits per heavy atom. The van der Waals surface area contributed by atoms with Crippen LogP contribution in [-0.4, -0.2) is 24.0 Å². The summed E-state index contributed by atoms with van der Waals surface area (Å²) in [6, 6.07) is 3.99. The predicted molar refractivity (Wildman–Crippen MR) is 90.7 cm³/mol. The summed E-state index contributed by atoms with van der Waals surface area (Å²) in [5, 5.41) is 6.98. The summed E-state index contributed by atoms with van der Waals surface area (Å²) in [4.78, 5) is 14.7. The molecule has 22 heavy (non-hydrogen) atoms. The average molecular weight is 318 g/mol. The van der Waals surface area contributed by atoms with Crippen molar-refractivity contribution < 1.29 is 4.79 Å². The Balaban J connectivity index is 1.37. The van der Waals surface area contributed by atoms with Gasteiger partial charge in [-0.1, -0.05) is 19.3 Å². The molecule has 2 unspecified atom stereocenters. The second-order valence-corrected chi connectivity index (χ2v) is 8.58. The Labute approximate surface area is 136 Å². The smallest absolute Gasteiger partial charge is 0.261 e. The second-order valence-electron chi connectivity index (χ2n) is 7.32. The highest BCUT2D eigenvalue weighted by molar-refractivity contribution is 7.14. The second kappa shape index (κ2) is 5.97. The predicted octanol–water partition coefficient (Wildman–Crippen LogP) is 3.73. The van der Waals surface area contributed by atoms with E-state index in [1.165, 1.54) is 49.0 Å². The highest BCUT2D eigenvalue weighted by Gasteiger charge is 2.41. The third-order valence-electron chi connectivity index (χ3n) is 5.62. The fraction of sp³-hybridized carbons (Fsp3) is 0.722. The molecule has 0 bridgehead atoms. The first-order chi connectivity index (χ1) is 10.7. The molecule has 4 rings (SSSR count). The van der Waals surface area contributed by atoms with E-state index in [0.29, 0.717) is 18.0 Å². The van der Waals surface area contributed by atoms with Crippen molar-refractivity contribution in [1.82, 2.24) is 10.6 Å². The molecular formula is C18H26N2OS. The van der Waals surface area contributed by atoms with Crippen molar-refractivity contribution in [2.75, 3.05) is 0 Å². The van der Waals surface area contributed by atoms with Crippen LogP contribution in [0.2, 0.25) is 0 Å². The van der Waals surface area contributed by atoms with Gasteiger partial charge in [-0.2, -0.15) is 0 Å². The zero-order chi connectivity index (χ0) is 15.1. The van der Waals surface area contributed by atoms with Gasteiger partial charge >= 0.3 is 0 Å². The Morgan fingerprint density at radius 1 is 1.14 bits per heavy atom. The van der Waals surface area contributed by atoms with Gasteiger partial charge < -0.3 is 10.6 Å². The van der Waals surface area contributed by atoms with Gasteiger partial charge in [-0.3, -0.25) is 4.79 Å². The average Bonchev–Trinajstić information content (AvgIpc) is 2.83. The lowest BCUT2D eigenvalue weighted by Gasteiger charge is -2.26. The summed E-state index contributed by atoms with van der Waals surface area (Å²) in [6.07, 6.45) is 10.2. The zero-order valence-corrected chi connectivity index (χ0v) is 14.2. The van der Waals surface area contributed by atoms with Crippen LogP contribution < -0.4 is 10.6 Å². The molecule has 3 aliphatic rings. The van der Waals surface area contributed by atoms with Crippen LogP contribution in [0.4, 0.5) is 0 Å². The number of rotatable bonds is 5. The Kier molecular flexibility index (Phi) is 3.99. The number of thiophene rings is 1. The highest BCUT2D eigenvalue weighted by Crippen LogP contribution is 2.45. The Bertz CT molecular complexity index is 557. The lowest BCUT2D eigenvalue weighted by Crippen LogP contribution is -2.37. The number of hydrogen-bond donors (Lipinski definition) is 2. The summed E-state index contributed by atoms with van der Waals surface area (Å²) >= 11 is 1.68. The fourth-order valence-corrected chi connectivity index (χ4v) is 4.90. The van der Waals surface area contributed by atoms with Crippen LogP contribution in [0.25, 0.3) is 0 Å². The third-order valence-corrected chi connectivity index (χ3v) is 6.68. The van der Waals surface area contributed by atoms with Crippen LogP contribution in [-0.2, 0) is 0 Å². The van der Waals surface area contributed by atoms with Gasteiger partial charge in [0.15, 0.2) is 0 Å². The minimum atomic E-state index is 0.149. The first-order valence-corrected chi connectivity index (χ1v) is 9.69. The molecule has 1 aromatic rings. The van der Waals surface area contributed by atoms with Crippen molar-refractivity contribution in [2.24, 2.45) is 0 Å². The van der Waals surface area contributed by atoms with Crippen molar-refractivity contribution in [3.63, 3.8) is 0 Å². The maximum Gasteiger partial charge on any atom is 0.261 e. The standard InChI is InChI=1S/C18H26N2OS/c1-11-14(15-9-16(15)19-12-7-4-8-12)10-17(22-11)18(21)20-13-5-2-3-6-13/h10,12-13,15-16,19H,2-9H2,1H3,(H,20,21). The van der Waals surface area contributed by atoms with Crippen molar-refractivity contribution in [3.05, 3.63) is 21.4 Å². The molecule has 4 heteroatoms. The maximum atomic E-state index is 12.4. The Morgan fingerprint density at radius 3 is 2.55 bits per heavy atom. The molecule has 3 aliphatic carbocycles. The number of carbonyl (C=O) groups is 1. The van der Waals surface area contributed by atoms with Crippen molar-refractivity contribution in [1.29, 1.82) is 0 Å². The molecule has 3 nitrogen and oxygen atoms in total. The van der Waals surface area contributed by atoms with Crippen molar-refractivity contribution >= 4 is 17.2 Å². The van der Waals surface area contributed by atoms with Crippen LogP contribution in [0.1, 0.15) is 77.4 Å². The fourth-order valence-electron chi connectivity index (χ4n) is 3.90.